The van der Waals surface area contributed by atoms with Crippen LogP contribution in [0.15, 0.2) is 18.2 Å². The zero-order valence-corrected chi connectivity index (χ0v) is 13.2. The number of nitrogens with zero attached hydrogens (tertiary/aromatic N) is 1. The number of methoxy groups -OCH3 is 1. The van der Waals surface area contributed by atoms with Crippen LogP contribution >= 0.6 is 0 Å². The molecular weight excluding hydrogens is 236 g/mol. The Balaban J connectivity index is 3.15. The molecule has 0 saturated carbocycles. The Kier molecular flexibility index (Phi) is 5.39. The van der Waals surface area contributed by atoms with Gasteiger partial charge in [-0.15, -0.1) is 0 Å². The average Bonchev–Trinajstić information content (AvgIpc) is 2.35. The normalized spacial score (nSPS) is 13.7. The lowest BCUT2D eigenvalue weighted by Crippen LogP contribution is -2.31. The summed E-state index contributed by atoms with van der Waals surface area (Å²) in [4.78, 5) is 2.24. The molecule has 1 unspecified atom stereocenters. The molecule has 1 atom stereocenters. The van der Waals surface area contributed by atoms with E-state index in [2.05, 4.69) is 58.0 Å². The Morgan fingerprint density at radius 2 is 1.95 bits per heavy atom. The first-order valence-corrected chi connectivity index (χ1v) is 6.82. The van der Waals surface area contributed by atoms with Crippen molar-refractivity contribution in [3.63, 3.8) is 0 Å². The van der Waals surface area contributed by atoms with E-state index in [0.717, 1.165) is 12.2 Å². The quantitative estimate of drug-likeness (QED) is 0.858. The third-order valence-corrected chi connectivity index (χ3v) is 3.67. The van der Waals surface area contributed by atoms with Gasteiger partial charge >= 0.3 is 0 Å². The number of hydrogen-bond donors (Lipinski definition) is 1. The summed E-state index contributed by atoms with van der Waals surface area (Å²) in [5, 5.41) is 0. The van der Waals surface area contributed by atoms with Crippen LogP contribution in [0.4, 0.5) is 0 Å². The maximum Gasteiger partial charge on any atom is 0.123 e. The van der Waals surface area contributed by atoms with Crippen LogP contribution in [0.25, 0.3) is 0 Å². The van der Waals surface area contributed by atoms with Crippen molar-refractivity contribution in [2.45, 2.75) is 33.2 Å². The highest BCUT2D eigenvalue weighted by Gasteiger charge is 2.26. The Hall–Kier alpha value is -1.06. The van der Waals surface area contributed by atoms with Gasteiger partial charge in [-0.05, 0) is 45.5 Å². The highest BCUT2D eigenvalue weighted by atomic mass is 16.5. The molecule has 0 aromatic heterocycles. The van der Waals surface area contributed by atoms with Crippen LogP contribution in [0, 0.1) is 12.3 Å². The third kappa shape index (κ3) is 4.22. The summed E-state index contributed by atoms with van der Waals surface area (Å²) in [6, 6.07) is 6.67. The molecule has 0 amide bonds. The van der Waals surface area contributed by atoms with E-state index in [9.17, 15) is 0 Å². The summed E-state index contributed by atoms with van der Waals surface area (Å²) in [6.07, 6.45) is 1.01. The van der Waals surface area contributed by atoms with Crippen molar-refractivity contribution >= 4 is 0 Å². The van der Waals surface area contributed by atoms with E-state index in [-0.39, 0.29) is 5.41 Å². The van der Waals surface area contributed by atoms with Crippen molar-refractivity contribution < 1.29 is 4.74 Å². The van der Waals surface area contributed by atoms with Crippen molar-refractivity contribution in [2.75, 3.05) is 27.7 Å². The highest BCUT2D eigenvalue weighted by molar-refractivity contribution is 5.39. The molecule has 0 aliphatic carbocycles. The van der Waals surface area contributed by atoms with Crippen molar-refractivity contribution in [3.05, 3.63) is 29.3 Å². The second-order valence-electron chi connectivity index (χ2n) is 6.30. The molecule has 1 rings (SSSR count). The lowest BCUT2D eigenvalue weighted by molar-refractivity contribution is 0.198. The summed E-state index contributed by atoms with van der Waals surface area (Å²) >= 11 is 0. The number of aryl methyl sites for hydroxylation is 1. The van der Waals surface area contributed by atoms with Gasteiger partial charge in [0.1, 0.15) is 5.75 Å². The molecule has 3 heteroatoms. The van der Waals surface area contributed by atoms with Gasteiger partial charge in [-0.1, -0.05) is 31.5 Å². The first-order chi connectivity index (χ1) is 8.80. The summed E-state index contributed by atoms with van der Waals surface area (Å²) in [5.74, 6) is 0.956. The first-order valence-electron chi connectivity index (χ1n) is 6.82. The number of rotatable bonds is 6. The second kappa shape index (κ2) is 6.40. The van der Waals surface area contributed by atoms with Gasteiger partial charge in [0.05, 0.1) is 7.11 Å². The Bertz CT molecular complexity index is 413. The predicted molar refractivity (Wildman–Crippen MR) is 81.6 cm³/mol. The van der Waals surface area contributed by atoms with E-state index in [1.807, 2.05) is 0 Å². The van der Waals surface area contributed by atoms with Crippen LogP contribution in [0.2, 0.25) is 0 Å². The molecule has 3 nitrogen and oxygen atoms in total. The Labute approximate surface area is 117 Å². The minimum atomic E-state index is 0.115. The number of nitrogens with two attached hydrogens (primary N) is 1. The minimum absolute atomic E-state index is 0.115. The van der Waals surface area contributed by atoms with Gasteiger partial charge in [-0.25, -0.2) is 0 Å². The van der Waals surface area contributed by atoms with Crippen molar-refractivity contribution in [1.82, 2.24) is 4.90 Å². The van der Waals surface area contributed by atoms with Crippen LogP contribution in [0.1, 0.15) is 37.4 Å². The van der Waals surface area contributed by atoms with Gasteiger partial charge in [0.2, 0.25) is 0 Å². The lowest BCUT2D eigenvalue weighted by Gasteiger charge is -2.33. The number of benzene rings is 1. The fourth-order valence-electron chi connectivity index (χ4n) is 2.29. The molecule has 0 aliphatic rings. The number of ether oxygens (including phenoxy) is 1. The van der Waals surface area contributed by atoms with Crippen LogP contribution in [0.3, 0.4) is 0 Å². The molecule has 0 aliphatic heterocycles. The lowest BCUT2D eigenvalue weighted by atomic mass is 9.82. The van der Waals surface area contributed by atoms with Crippen LogP contribution in [-0.4, -0.2) is 32.6 Å². The van der Waals surface area contributed by atoms with E-state index >= 15 is 0 Å². The zero-order valence-electron chi connectivity index (χ0n) is 13.2. The van der Waals surface area contributed by atoms with Crippen LogP contribution < -0.4 is 10.5 Å². The second-order valence-corrected chi connectivity index (χ2v) is 6.30. The molecule has 0 heterocycles. The Morgan fingerprint density at radius 3 is 2.42 bits per heavy atom. The molecule has 0 radical (unpaired) electrons. The van der Waals surface area contributed by atoms with Crippen molar-refractivity contribution in [1.29, 1.82) is 0 Å². The van der Waals surface area contributed by atoms with E-state index in [4.69, 9.17) is 10.5 Å². The van der Waals surface area contributed by atoms with Gasteiger partial charge in [0.15, 0.2) is 0 Å². The van der Waals surface area contributed by atoms with Crippen LogP contribution in [-0.2, 0) is 0 Å². The topological polar surface area (TPSA) is 38.5 Å². The molecule has 0 fully saturated rings. The largest absolute Gasteiger partial charge is 0.496 e. The molecular formula is C16H28N2O. The zero-order chi connectivity index (χ0) is 14.6. The van der Waals surface area contributed by atoms with E-state index in [1.54, 1.807) is 7.11 Å². The predicted octanol–water partition coefficient (Wildman–Crippen LogP) is 2.98. The molecule has 0 spiro atoms. The van der Waals surface area contributed by atoms with Crippen molar-refractivity contribution in [3.8, 4) is 5.75 Å². The molecule has 2 N–H and O–H groups in total. The van der Waals surface area contributed by atoms with Gasteiger partial charge in [-0.2, -0.15) is 0 Å². The van der Waals surface area contributed by atoms with E-state index in [0.29, 0.717) is 12.6 Å². The smallest absolute Gasteiger partial charge is 0.123 e. The fraction of sp³-hybridized carbons (Fsp3) is 0.625. The van der Waals surface area contributed by atoms with E-state index < -0.39 is 0 Å². The van der Waals surface area contributed by atoms with Crippen molar-refractivity contribution in [2.24, 2.45) is 11.1 Å². The van der Waals surface area contributed by atoms with Gasteiger partial charge in [0, 0.05) is 11.6 Å². The molecule has 1 aromatic rings. The number of hydrogen-bond acceptors (Lipinski definition) is 3. The molecule has 0 saturated heterocycles. The van der Waals surface area contributed by atoms with Gasteiger partial charge in [0.25, 0.3) is 0 Å². The van der Waals surface area contributed by atoms with Gasteiger partial charge in [-0.3, -0.25) is 0 Å². The highest BCUT2D eigenvalue weighted by Crippen LogP contribution is 2.37. The summed E-state index contributed by atoms with van der Waals surface area (Å²) in [5.41, 5.74) is 8.50. The van der Waals surface area contributed by atoms with E-state index in [1.165, 1.54) is 11.1 Å². The standard InChI is InChI=1S/C16H28N2O/c1-12-7-8-15(19-6)13(9-12)14(18(4)5)10-16(2,3)11-17/h7-9,14H,10-11,17H2,1-6H3. The summed E-state index contributed by atoms with van der Waals surface area (Å²) < 4.78 is 5.52. The molecule has 1 aromatic carbocycles. The van der Waals surface area contributed by atoms with Crippen LogP contribution in [0.5, 0.6) is 5.75 Å². The Morgan fingerprint density at radius 1 is 1.32 bits per heavy atom. The minimum Gasteiger partial charge on any atom is -0.496 e. The molecule has 19 heavy (non-hydrogen) atoms. The monoisotopic (exact) mass is 264 g/mol. The molecule has 0 bridgehead atoms. The third-order valence-electron chi connectivity index (χ3n) is 3.67. The fourth-order valence-corrected chi connectivity index (χ4v) is 2.29. The molecule has 108 valence electrons. The summed E-state index contributed by atoms with van der Waals surface area (Å²) in [7, 11) is 5.95. The SMILES string of the molecule is COc1ccc(C)cc1C(CC(C)(C)CN)N(C)C. The maximum absolute atomic E-state index is 5.88. The van der Waals surface area contributed by atoms with Gasteiger partial charge < -0.3 is 15.4 Å². The summed E-state index contributed by atoms with van der Waals surface area (Å²) in [6.45, 7) is 7.23. The maximum atomic E-state index is 5.88. The first kappa shape index (κ1) is 16.0. The average molecular weight is 264 g/mol.